The molecule has 0 bridgehead atoms. The van der Waals surface area contributed by atoms with Crippen molar-refractivity contribution in [3.8, 4) is 0 Å². The number of carbonyl (C=O) groups excluding carboxylic acids is 1. The molecule has 2 aromatic carbocycles. The van der Waals surface area contributed by atoms with Crippen molar-refractivity contribution < 1.29 is 17.6 Å². The molecule has 0 aliphatic carbocycles. The zero-order chi connectivity index (χ0) is 18.9. The number of amides is 1. The van der Waals surface area contributed by atoms with Gasteiger partial charge >= 0.3 is 0 Å². The topological polar surface area (TPSA) is 92.5 Å². The summed E-state index contributed by atoms with van der Waals surface area (Å²) >= 11 is 0. The fourth-order valence-corrected chi connectivity index (χ4v) is 4.24. The van der Waals surface area contributed by atoms with Crippen LogP contribution in [0.5, 0.6) is 0 Å². The minimum atomic E-state index is -3.92. The molecule has 0 saturated carbocycles. The molecule has 1 saturated heterocycles. The van der Waals surface area contributed by atoms with Crippen LogP contribution in [0.25, 0.3) is 0 Å². The highest BCUT2D eigenvalue weighted by atomic mass is 32.2. The van der Waals surface area contributed by atoms with Crippen molar-refractivity contribution in [2.75, 3.05) is 17.8 Å². The van der Waals surface area contributed by atoms with Gasteiger partial charge in [0.15, 0.2) is 0 Å². The Morgan fingerprint density at radius 1 is 1.23 bits per heavy atom. The standard InChI is InChI=1S/C18H20FN3O3S/c1-12-2-3-13(18(23)22-9-8-15(20)11-22)10-17(12)26(24,25)21-16-6-4-14(19)5-7-16/h2-7,10,15,21H,8-9,11,20H2,1H3/t15-/m1/s1. The molecule has 0 unspecified atom stereocenters. The van der Waals surface area contributed by atoms with E-state index >= 15 is 0 Å². The van der Waals surface area contributed by atoms with Crippen molar-refractivity contribution in [3.05, 3.63) is 59.4 Å². The third-order valence-electron chi connectivity index (χ3n) is 4.33. The van der Waals surface area contributed by atoms with E-state index in [2.05, 4.69) is 4.72 Å². The molecule has 1 amide bonds. The van der Waals surface area contributed by atoms with E-state index in [1.165, 1.54) is 30.3 Å². The Hall–Kier alpha value is -2.45. The van der Waals surface area contributed by atoms with Crippen LogP contribution < -0.4 is 10.5 Å². The summed E-state index contributed by atoms with van der Waals surface area (Å²) in [6.07, 6.45) is 0.731. The second-order valence-electron chi connectivity index (χ2n) is 6.39. The summed E-state index contributed by atoms with van der Waals surface area (Å²) < 4.78 is 40.8. The highest BCUT2D eigenvalue weighted by Gasteiger charge is 2.26. The molecule has 26 heavy (non-hydrogen) atoms. The van der Waals surface area contributed by atoms with Crippen molar-refractivity contribution in [2.45, 2.75) is 24.3 Å². The molecule has 6 nitrogen and oxygen atoms in total. The van der Waals surface area contributed by atoms with Crippen LogP contribution in [0.15, 0.2) is 47.4 Å². The molecule has 3 rings (SSSR count). The first kappa shape index (κ1) is 18.3. The molecule has 1 aliphatic heterocycles. The lowest BCUT2D eigenvalue weighted by atomic mass is 10.1. The number of nitrogens with one attached hydrogen (secondary N) is 1. The van der Waals surface area contributed by atoms with Crippen LogP contribution in [0.2, 0.25) is 0 Å². The molecule has 0 radical (unpaired) electrons. The van der Waals surface area contributed by atoms with Crippen molar-refractivity contribution in [1.29, 1.82) is 0 Å². The minimum absolute atomic E-state index is 0.0103. The number of anilines is 1. The molecule has 138 valence electrons. The number of hydrogen-bond acceptors (Lipinski definition) is 4. The number of rotatable bonds is 4. The van der Waals surface area contributed by atoms with Gasteiger partial charge in [0.1, 0.15) is 5.82 Å². The van der Waals surface area contributed by atoms with Gasteiger partial charge in [-0.15, -0.1) is 0 Å². The first-order valence-electron chi connectivity index (χ1n) is 8.20. The van der Waals surface area contributed by atoms with Crippen LogP contribution in [0.1, 0.15) is 22.3 Å². The van der Waals surface area contributed by atoms with Crippen LogP contribution in [-0.2, 0) is 10.0 Å². The predicted molar refractivity (Wildman–Crippen MR) is 96.9 cm³/mol. The average molecular weight is 377 g/mol. The van der Waals surface area contributed by atoms with Crippen LogP contribution in [-0.4, -0.2) is 38.4 Å². The maximum atomic E-state index is 13.0. The summed E-state index contributed by atoms with van der Waals surface area (Å²) in [5.74, 6) is -0.697. The Morgan fingerprint density at radius 3 is 2.54 bits per heavy atom. The second kappa shape index (κ2) is 7.05. The molecule has 3 N–H and O–H groups in total. The summed E-state index contributed by atoms with van der Waals surface area (Å²) in [5.41, 5.74) is 6.88. The number of likely N-dealkylation sites (tertiary alicyclic amines) is 1. The van der Waals surface area contributed by atoms with E-state index in [1.807, 2.05) is 0 Å². The summed E-state index contributed by atoms with van der Waals surface area (Å²) in [4.78, 5) is 14.2. The number of nitrogens with two attached hydrogens (primary N) is 1. The molecule has 1 heterocycles. The Bertz CT molecular complexity index is 929. The number of hydrogen-bond donors (Lipinski definition) is 2. The lowest BCUT2D eigenvalue weighted by Gasteiger charge is -2.17. The Kier molecular flexibility index (Phi) is 4.97. The highest BCUT2D eigenvalue weighted by molar-refractivity contribution is 7.92. The molecule has 1 atom stereocenters. The molecular formula is C18H20FN3O3S. The normalized spacial score (nSPS) is 17.3. The monoisotopic (exact) mass is 377 g/mol. The highest BCUT2D eigenvalue weighted by Crippen LogP contribution is 2.22. The Labute approximate surface area is 151 Å². The van der Waals surface area contributed by atoms with E-state index in [0.29, 0.717) is 24.2 Å². The maximum absolute atomic E-state index is 13.0. The number of carbonyl (C=O) groups is 1. The van der Waals surface area contributed by atoms with Gasteiger partial charge < -0.3 is 10.6 Å². The van der Waals surface area contributed by atoms with Crippen LogP contribution >= 0.6 is 0 Å². The van der Waals surface area contributed by atoms with Gasteiger partial charge in [0, 0.05) is 30.4 Å². The Morgan fingerprint density at radius 2 is 1.92 bits per heavy atom. The predicted octanol–water partition coefficient (Wildman–Crippen LogP) is 2.11. The zero-order valence-corrected chi connectivity index (χ0v) is 15.1. The van der Waals surface area contributed by atoms with Gasteiger partial charge in [0.2, 0.25) is 0 Å². The van der Waals surface area contributed by atoms with E-state index < -0.39 is 15.8 Å². The number of halogens is 1. The van der Waals surface area contributed by atoms with Crippen LogP contribution in [0.3, 0.4) is 0 Å². The third-order valence-corrected chi connectivity index (χ3v) is 5.86. The van der Waals surface area contributed by atoms with Gasteiger partial charge in [-0.25, -0.2) is 12.8 Å². The fraction of sp³-hybridized carbons (Fsp3) is 0.278. The van der Waals surface area contributed by atoms with Crippen molar-refractivity contribution >= 4 is 21.6 Å². The van der Waals surface area contributed by atoms with Gasteiger partial charge in [0.05, 0.1) is 4.90 Å². The summed E-state index contributed by atoms with van der Waals surface area (Å²) in [6.45, 7) is 2.67. The van der Waals surface area contributed by atoms with Crippen LogP contribution in [0.4, 0.5) is 10.1 Å². The summed E-state index contributed by atoms with van der Waals surface area (Å²) in [7, 11) is -3.92. The minimum Gasteiger partial charge on any atom is -0.337 e. The van der Waals surface area contributed by atoms with Crippen LogP contribution in [0, 0.1) is 12.7 Å². The Balaban J connectivity index is 1.89. The number of nitrogens with zero attached hydrogens (tertiary/aromatic N) is 1. The fourth-order valence-electron chi connectivity index (χ4n) is 2.91. The van der Waals surface area contributed by atoms with Gasteiger partial charge in [0.25, 0.3) is 15.9 Å². The van der Waals surface area contributed by atoms with E-state index in [1.54, 1.807) is 24.0 Å². The molecule has 2 aromatic rings. The number of sulfonamides is 1. The summed E-state index contributed by atoms with van der Waals surface area (Å²) in [5, 5.41) is 0. The first-order chi connectivity index (χ1) is 12.3. The van der Waals surface area contributed by atoms with Crippen molar-refractivity contribution in [1.82, 2.24) is 4.90 Å². The largest absolute Gasteiger partial charge is 0.337 e. The second-order valence-corrected chi connectivity index (χ2v) is 8.04. The van der Waals surface area contributed by atoms with E-state index in [-0.39, 0.29) is 22.5 Å². The van der Waals surface area contributed by atoms with E-state index in [4.69, 9.17) is 5.73 Å². The SMILES string of the molecule is Cc1ccc(C(=O)N2CC[C@@H](N)C2)cc1S(=O)(=O)Nc1ccc(F)cc1. The van der Waals surface area contributed by atoms with Gasteiger partial charge in [-0.05, 0) is 55.3 Å². The van der Waals surface area contributed by atoms with E-state index in [9.17, 15) is 17.6 Å². The quantitative estimate of drug-likeness (QED) is 0.854. The lowest BCUT2D eigenvalue weighted by Crippen LogP contribution is -2.32. The van der Waals surface area contributed by atoms with E-state index in [0.717, 1.165) is 6.42 Å². The molecular weight excluding hydrogens is 357 g/mol. The molecule has 1 aliphatic rings. The molecule has 8 heteroatoms. The van der Waals surface area contributed by atoms with Gasteiger partial charge in [-0.3, -0.25) is 9.52 Å². The lowest BCUT2D eigenvalue weighted by molar-refractivity contribution is 0.0790. The maximum Gasteiger partial charge on any atom is 0.262 e. The smallest absolute Gasteiger partial charge is 0.262 e. The third kappa shape index (κ3) is 3.86. The summed E-state index contributed by atoms with van der Waals surface area (Å²) in [6, 6.07) is 9.54. The number of benzene rings is 2. The van der Waals surface area contributed by atoms with Gasteiger partial charge in [-0.2, -0.15) is 0 Å². The average Bonchev–Trinajstić information content (AvgIpc) is 3.03. The van der Waals surface area contributed by atoms with Gasteiger partial charge in [-0.1, -0.05) is 6.07 Å². The first-order valence-corrected chi connectivity index (χ1v) is 9.68. The molecule has 1 fully saturated rings. The number of aryl methyl sites for hydroxylation is 1. The molecule has 0 spiro atoms. The van der Waals surface area contributed by atoms with Crippen molar-refractivity contribution in [2.24, 2.45) is 5.73 Å². The zero-order valence-electron chi connectivity index (χ0n) is 14.3. The molecule has 0 aromatic heterocycles. The van der Waals surface area contributed by atoms with Crippen molar-refractivity contribution in [3.63, 3.8) is 0 Å².